The molecule has 1 aliphatic rings. The van der Waals surface area contributed by atoms with Crippen LogP contribution in [0.1, 0.15) is 35.1 Å². The zero-order valence-electron chi connectivity index (χ0n) is 14.7. The SMILES string of the molecule is C=CCc1cc(CC=C)c2c(c1CC=C)OC(CC=C)(C(=O)O)CC2. The Bertz CT molecular complexity index is 714. The van der Waals surface area contributed by atoms with Crippen molar-refractivity contribution in [2.75, 3.05) is 0 Å². The molecule has 3 nitrogen and oxygen atoms in total. The van der Waals surface area contributed by atoms with Gasteiger partial charge < -0.3 is 9.84 Å². The predicted octanol–water partition coefficient (Wildman–Crippen LogP) is 4.60. The van der Waals surface area contributed by atoms with E-state index in [-0.39, 0.29) is 6.42 Å². The molecule has 1 aliphatic heterocycles. The highest BCUT2D eigenvalue weighted by Gasteiger charge is 2.44. The molecule has 0 amide bonds. The Kier molecular flexibility index (Phi) is 6.02. The molecule has 1 unspecified atom stereocenters. The van der Waals surface area contributed by atoms with E-state index in [9.17, 15) is 9.90 Å². The van der Waals surface area contributed by atoms with Crippen LogP contribution in [0.5, 0.6) is 5.75 Å². The van der Waals surface area contributed by atoms with Gasteiger partial charge in [0.1, 0.15) is 5.75 Å². The lowest BCUT2D eigenvalue weighted by molar-refractivity contribution is -0.156. The minimum absolute atomic E-state index is 0.276. The van der Waals surface area contributed by atoms with E-state index in [0.29, 0.717) is 31.4 Å². The van der Waals surface area contributed by atoms with Crippen molar-refractivity contribution in [1.82, 2.24) is 0 Å². The molecule has 1 N–H and O–H groups in total. The maximum Gasteiger partial charge on any atom is 0.348 e. The molecule has 0 saturated heterocycles. The lowest BCUT2D eigenvalue weighted by Gasteiger charge is -2.37. The number of hydrogen-bond acceptors (Lipinski definition) is 2. The summed E-state index contributed by atoms with van der Waals surface area (Å²) in [5, 5.41) is 9.79. The highest BCUT2D eigenvalue weighted by atomic mass is 16.5. The van der Waals surface area contributed by atoms with Gasteiger partial charge in [-0.2, -0.15) is 0 Å². The standard InChI is InChI=1S/C22H26O3/c1-5-9-16-15-17(10-6-2)19-12-14-22(13-8-4,21(23)24)25-20(19)18(16)11-7-3/h5-8,15H,1-4,9-14H2,(H,23,24). The molecule has 1 heterocycles. The highest BCUT2D eigenvalue weighted by Crippen LogP contribution is 2.42. The molecule has 2 rings (SSSR count). The normalized spacial score (nSPS) is 18.6. The molecular formula is C22H26O3. The molecule has 1 aromatic carbocycles. The van der Waals surface area contributed by atoms with Crippen molar-refractivity contribution in [3.63, 3.8) is 0 Å². The summed E-state index contributed by atoms with van der Waals surface area (Å²) in [5.41, 5.74) is 3.10. The van der Waals surface area contributed by atoms with E-state index in [2.05, 4.69) is 32.4 Å². The Labute approximate surface area is 150 Å². The zero-order valence-corrected chi connectivity index (χ0v) is 14.7. The summed E-state index contributed by atoms with van der Waals surface area (Å²) in [4.78, 5) is 11.9. The summed E-state index contributed by atoms with van der Waals surface area (Å²) in [6.07, 6.45) is 10.6. The number of carboxylic acid groups (broad SMARTS) is 1. The number of carbonyl (C=O) groups is 1. The molecule has 0 radical (unpaired) electrons. The van der Waals surface area contributed by atoms with Gasteiger partial charge in [-0.3, -0.25) is 0 Å². The van der Waals surface area contributed by atoms with Crippen LogP contribution in [0.3, 0.4) is 0 Å². The number of benzene rings is 1. The van der Waals surface area contributed by atoms with Gasteiger partial charge in [-0.05, 0) is 42.4 Å². The minimum atomic E-state index is -1.25. The maximum atomic E-state index is 11.9. The first-order valence-electron chi connectivity index (χ1n) is 8.55. The molecule has 0 spiro atoms. The van der Waals surface area contributed by atoms with Crippen LogP contribution in [-0.4, -0.2) is 16.7 Å². The third-order valence-electron chi connectivity index (χ3n) is 4.69. The van der Waals surface area contributed by atoms with Gasteiger partial charge in [-0.1, -0.05) is 30.4 Å². The van der Waals surface area contributed by atoms with E-state index in [1.807, 2.05) is 18.2 Å². The molecule has 132 valence electrons. The van der Waals surface area contributed by atoms with Gasteiger partial charge >= 0.3 is 5.97 Å². The third kappa shape index (κ3) is 3.60. The van der Waals surface area contributed by atoms with Crippen molar-refractivity contribution in [3.05, 3.63) is 78.9 Å². The molecule has 25 heavy (non-hydrogen) atoms. The Morgan fingerprint density at radius 1 is 1.08 bits per heavy atom. The summed E-state index contributed by atoms with van der Waals surface area (Å²) in [6, 6.07) is 2.17. The molecule has 1 atom stereocenters. The second kappa shape index (κ2) is 8.02. The first-order valence-corrected chi connectivity index (χ1v) is 8.55. The average Bonchev–Trinajstić information content (AvgIpc) is 2.58. The number of hydrogen-bond donors (Lipinski definition) is 1. The van der Waals surface area contributed by atoms with Gasteiger partial charge in [-0.15, -0.1) is 26.3 Å². The van der Waals surface area contributed by atoms with Crippen LogP contribution in [0.25, 0.3) is 0 Å². The van der Waals surface area contributed by atoms with Gasteiger partial charge in [0.2, 0.25) is 5.60 Å². The lowest BCUT2D eigenvalue weighted by atomic mass is 9.83. The van der Waals surface area contributed by atoms with Crippen molar-refractivity contribution in [1.29, 1.82) is 0 Å². The quantitative estimate of drug-likeness (QED) is 0.670. The van der Waals surface area contributed by atoms with Crippen LogP contribution in [0.4, 0.5) is 0 Å². The van der Waals surface area contributed by atoms with Crippen molar-refractivity contribution in [3.8, 4) is 5.75 Å². The molecule has 0 fully saturated rings. The van der Waals surface area contributed by atoms with E-state index in [0.717, 1.165) is 28.7 Å². The topological polar surface area (TPSA) is 46.5 Å². The fourth-order valence-corrected chi connectivity index (χ4v) is 3.49. The van der Waals surface area contributed by atoms with E-state index in [1.165, 1.54) is 0 Å². The van der Waals surface area contributed by atoms with Crippen LogP contribution in [0.15, 0.2) is 56.7 Å². The number of carboxylic acids is 1. The number of ether oxygens (including phenoxy) is 1. The first-order chi connectivity index (χ1) is 12.0. The van der Waals surface area contributed by atoms with Crippen LogP contribution < -0.4 is 4.74 Å². The number of rotatable bonds is 9. The van der Waals surface area contributed by atoms with Gasteiger partial charge in [0, 0.05) is 18.4 Å². The van der Waals surface area contributed by atoms with Crippen LogP contribution in [0, 0.1) is 0 Å². The van der Waals surface area contributed by atoms with E-state index in [1.54, 1.807) is 6.08 Å². The predicted molar refractivity (Wildman–Crippen MR) is 102 cm³/mol. The van der Waals surface area contributed by atoms with Gasteiger partial charge in [0.25, 0.3) is 0 Å². The van der Waals surface area contributed by atoms with Crippen LogP contribution >= 0.6 is 0 Å². The molecule has 1 aromatic rings. The Morgan fingerprint density at radius 3 is 2.28 bits per heavy atom. The first kappa shape index (κ1) is 18.8. The maximum absolute atomic E-state index is 11.9. The van der Waals surface area contributed by atoms with Gasteiger partial charge in [-0.25, -0.2) is 4.79 Å². The molecular weight excluding hydrogens is 312 g/mol. The molecule has 3 heteroatoms. The molecule has 0 bridgehead atoms. The summed E-state index contributed by atoms with van der Waals surface area (Å²) in [6.45, 7) is 15.2. The summed E-state index contributed by atoms with van der Waals surface area (Å²) in [7, 11) is 0. The fourth-order valence-electron chi connectivity index (χ4n) is 3.49. The van der Waals surface area contributed by atoms with Crippen LogP contribution in [-0.2, 0) is 30.5 Å². The van der Waals surface area contributed by atoms with Crippen molar-refractivity contribution in [2.45, 2.75) is 44.1 Å². The van der Waals surface area contributed by atoms with E-state index in [4.69, 9.17) is 4.74 Å². The monoisotopic (exact) mass is 338 g/mol. The minimum Gasteiger partial charge on any atom is -0.478 e. The van der Waals surface area contributed by atoms with Gasteiger partial charge in [0.05, 0.1) is 0 Å². The van der Waals surface area contributed by atoms with Crippen molar-refractivity contribution in [2.24, 2.45) is 0 Å². The van der Waals surface area contributed by atoms with Gasteiger partial charge in [0.15, 0.2) is 0 Å². The van der Waals surface area contributed by atoms with Crippen LogP contribution in [0.2, 0.25) is 0 Å². The van der Waals surface area contributed by atoms with Crippen molar-refractivity contribution >= 4 is 5.97 Å². The Hall–Kier alpha value is -2.55. The lowest BCUT2D eigenvalue weighted by Crippen LogP contribution is -2.47. The molecule has 0 aromatic heterocycles. The third-order valence-corrected chi connectivity index (χ3v) is 4.69. The largest absolute Gasteiger partial charge is 0.478 e. The molecule has 0 aliphatic carbocycles. The van der Waals surface area contributed by atoms with E-state index < -0.39 is 11.6 Å². The van der Waals surface area contributed by atoms with Crippen molar-refractivity contribution < 1.29 is 14.6 Å². The Balaban J connectivity index is 2.68. The number of fused-ring (bicyclic) bond motifs is 1. The second-order valence-electron chi connectivity index (χ2n) is 6.35. The van der Waals surface area contributed by atoms with E-state index >= 15 is 0 Å². The highest BCUT2D eigenvalue weighted by molar-refractivity contribution is 5.79. The second-order valence-corrected chi connectivity index (χ2v) is 6.35. The smallest absolute Gasteiger partial charge is 0.348 e. The Morgan fingerprint density at radius 2 is 1.72 bits per heavy atom. The summed E-state index contributed by atoms with van der Waals surface area (Å²) >= 11 is 0. The summed E-state index contributed by atoms with van der Waals surface area (Å²) < 4.78 is 6.19. The number of aliphatic carboxylic acids is 1. The summed E-state index contributed by atoms with van der Waals surface area (Å²) in [5.74, 6) is -0.242. The average molecular weight is 338 g/mol. The fraction of sp³-hybridized carbons (Fsp3) is 0.318. The molecule has 0 saturated carbocycles. The number of allylic oxidation sites excluding steroid dienone is 3. The zero-order chi connectivity index (χ0) is 18.4.